The number of nitrogens with zero attached hydrogens (tertiary/aromatic N) is 2. The van der Waals surface area contributed by atoms with Crippen LogP contribution in [-0.2, 0) is 6.18 Å². The second-order valence-electron chi connectivity index (χ2n) is 4.58. The fraction of sp³-hybridized carbons (Fsp3) is 0.333. The summed E-state index contributed by atoms with van der Waals surface area (Å²) in [7, 11) is 0. The van der Waals surface area contributed by atoms with Crippen LogP contribution >= 0.6 is 0 Å². The van der Waals surface area contributed by atoms with Crippen LogP contribution in [0.25, 0.3) is 5.52 Å². The van der Waals surface area contributed by atoms with Crippen molar-refractivity contribution in [3.63, 3.8) is 0 Å². The minimum Gasteiger partial charge on any atom is -0.476 e. The molecule has 3 rings (SSSR count). The molecule has 2 aromatic rings. The molecule has 1 N–H and O–H groups in total. The van der Waals surface area contributed by atoms with E-state index in [1.807, 2.05) is 0 Å². The zero-order chi connectivity index (χ0) is 13.8. The molecule has 2 aromatic heterocycles. The summed E-state index contributed by atoms with van der Waals surface area (Å²) >= 11 is 0. The lowest BCUT2D eigenvalue weighted by Gasteiger charge is -2.11. The summed E-state index contributed by atoms with van der Waals surface area (Å²) in [6, 6.07) is 3.58. The van der Waals surface area contributed by atoms with E-state index in [0.29, 0.717) is 4.52 Å². The Labute approximate surface area is 105 Å². The van der Waals surface area contributed by atoms with Gasteiger partial charge >= 0.3 is 12.1 Å². The molecular weight excluding hydrogens is 261 g/mol. The maximum Gasteiger partial charge on any atom is 0.433 e. The highest BCUT2D eigenvalue weighted by Gasteiger charge is 2.36. The number of aromatic carboxylic acids is 1. The maximum atomic E-state index is 12.9. The van der Waals surface area contributed by atoms with E-state index < -0.39 is 17.8 Å². The molecule has 19 heavy (non-hydrogen) atoms. The van der Waals surface area contributed by atoms with Gasteiger partial charge in [-0.3, -0.25) is 0 Å². The fourth-order valence-electron chi connectivity index (χ4n) is 2.15. The van der Waals surface area contributed by atoms with Gasteiger partial charge in [-0.25, -0.2) is 9.31 Å². The molecule has 0 unspecified atom stereocenters. The summed E-state index contributed by atoms with van der Waals surface area (Å²) < 4.78 is 39.3. The first-order chi connectivity index (χ1) is 8.88. The van der Waals surface area contributed by atoms with Crippen LogP contribution in [0.1, 0.15) is 40.5 Å². The van der Waals surface area contributed by atoms with E-state index in [4.69, 9.17) is 5.11 Å². The summed E-state index contributed by atoms with van der Waals surface area (Å²) in [5, 5.41) is 12.4. The Morgan fingerprint density at radius 2 is 2.05 bits per heavy atom. The quantitative estimate of drug-likeness (QED) is 0.912. The SMILES string of the molecule is O=C(O)c1cc2c(C3CC3)ccc(C(F)(F)F)n2n1. The van der Waals surface area contributed by atoms with Crippen molar-refractivity contribution in [3.8, 4) is 0 Å². The van der Waals surface area contributed by atoms with Gasteiger partial charge in [-0.1, -0.05) is 6.07 Å². The van der Waals surface area contributed by atoms with Crippen molar-refractivity contribution in [2.75, 3.05) is 0 Å². The van der Waals surface area contributed by atoms with E-state index in [9.17, 15) is 18.0 Å². The number of alkyl halides is 3. The first kappa shape index (κ1) is 12.0. The highest BCUT2D eigenvalue weighted by Crippen LogP contribution is 2.43. The van der Waals surface area contributed by atoms with Crippen LogP contribution in [0, 0.1) is 0 Å². The first-order valence-electron chi connectivity index (χ1n) is 5.71. The number of pyridine rings is 1. The topological polar surface area (TPSA) is 54.6 Å². The molecule has 2 heterocycles. The number of hydrogen-bond acceptors (Lipinski definition) is 2. The Balaban J connectivity index is 2.30. The number of hydrogen-bond donors (Lipinski definition) is 1. The molecular formula is C12H9F3N2O2. The number of carboxylic acids is 1. The minimum atomic E-state index is -4.57. The van der Waals surface area contributed by atoms with Crippen LogP contribution in [0.4, 0.5) is 13.2 Å². The van der Waals surface area contributed by atoms with Gasteiger partial charge in [0.1, 0.15) is 5.69 Å². The fourth-order valence-corrected chi connectivity index (χ4v) is 2.15. The van der Waals surface area contributed by atoms with Crippen molar-refractivity contribution < 1.29 is 23.1 Å². The summed E-state index contributed by atoms with van der Waals surface area (Å²) in [5.74, 6) is -1.12. The van der Waals surface area contributed by atoms with E-state index >= 15 is 0 Å². The molecule has 4 nitrogen and oxygen atoms in total. The van der Waals surface area contributed by atoms with Gasteiger partial charge < -0.3 is 5.11 Å². The monoisotopic (exact) mass is 270 g/mol. The number of carbonyl (C=O) groups is 1. The van der Waals surface area contributed by atoms with E-state index in [-0.39, 0.29) is 17.1 Å². The first-order valence-corrected chi connectivity index (χ1v) is 5.71. The standard InChI is InChI=1S/C12H9F3N2O2/c13-12(14,15)10-4-3-7(6-1-2-6)9-5-8(11(18)19)16-17(9)10/h3-6H,1-2H2,(H,18,19). The van der Waals surface area contributed by atoms with Crippen molar-refractivity contribution in [2.45, 2.75) is 24.9 Å². The van der Waals surface area contributed by atoms with Gasteiger partial charge in [-0.05, 0) is 36.5 Å². The molecule has 1 saturated carbocycles. The summed E-state index contributed by atoms with van der Waals surface area (Å²) in [5.41, 5.74) is -0.374. The third-order valence-electron chi connectivity index (χ3n) is 3.18. The van der Waals surface area contributed by atoms with Crippen LogP contribution in [0.5, 0.6) is 0 Å². The Morgan fingerprint density at radius 3 is 2.58 bits per heavy atom. The van der Waals surface area contributed by atoms with Gasteiger partial charge in [0.05, 0.1) is 5.52 Å². The van der Waals surface area contributed by atoms with Gasteiger partial charge in [0, 0.05) is 0 Å². The summed E-state index contributed by atoms with van der Waals surface area (Å²) in [6.45, 7) is 0. The highest BCUT2D eigenvalue weighted by molar-refractivity contribution is 5.87. The third-order valence-corrected chi connectivity index (χ3v) is 3.18. The minimum absolute atomic E-state index is 0.211. The number of carboxylic acid groups (broad SMARTS) is 1. The van der Waals surface area contributed by atoms with E-state index in [1.165, 1.54) is 12.1 Å². The highest BCUT2D eigenvalue weighted by atomic mass is 19.4. The molecule has 0 spiro atoms. The van der Waals surface area contributed by atoms with Crippen LogP contribution in [-0.4, -0.2) is 20.7 Å². The zero-order valence-corrected chi connectivity index (χ0v) is 9.61. The van der Waals surface area contributed by atoms with Gasteiger partial charge in [0.25, 0.3) is 0 Å². The Bertz CT molecular complexity index is 671. The molecule has 0 amide bonds. The molecule has 0 atom stereocenters. The van der Waals surface area contributed by atoms with Gasteiger partial charge in [0.2, 0.25) is 0 Å². The molecule has 0 radical (unpaired) electrons. The largest absolute Gasteiger partial charge is 0.476 e. The number of fused-ring (bicyclic) bond motifs is 1. The van der Waals surface area contributed by atoms with Crippen LogP contribution in [0.3, 0.4) is 0 Å². The van der Waals surface area contributed by atoms with E-state index in [1.54, 1.807) is 0 Å². The maximum absolute atomic E-state index is 12.9. The van der Waals surface area contributed by atoms with Crippen molar-refractivity contribution in [1.82, 2.24) is 9.61 Å². The van der Waals surface area contributed by atoms with Crippen molar-refractivity contribution in [2.24, 2.45) is 0 Å². The smallest absolute Gasteiger partial charge is 0.433 e. The molecule has 0 saturated heterocycles. The number of halogens is 3. The number of aromatic nitrogens is 2. The Hall–Kier alpha value is -2.05. The molecule has 1 fully saturated rings. The van der Waals surface area contributed by atoms with E-state index in [0.717, 1.165) is 24.5 Å². The second kappa shape index (κ2) is 3.72. The number of rotatable bonds is 2. The Morgan fingerprint density at radius 1 is 1.37 bits per heavy atom. The summed E-state index contributed by atoms with van der Waals surface area (Å²) in [4.78, 5) is 10.9. The lowest BCUT2D eigenvalue weighted by Crippen LogP contribution is -2.13. The van der Waals surface area contributed by atoms with Crippen LogP contribution < -0.4 is 0 Å². The lowest BCUT2D eigenvalue weighted by atomic mass is 10.1. The van der Waals surface area contributed by atoms with Crippen molar-refractivity contribution in [1.29, 1.82) is 0 Å². The van der Waals surface area contributed by atoms with Crippen LogP contribution in [0.2, 0.25) is 0 Å². The van der Waals surface area contributed by atoms with Crippen LogP contribution in [0.15, 0.2) is 18.2 Å². The molecule has 100 valence electrons. The molecule has 1 aliphatic carbocycles. The Kier molecular flexibility index (Phi) is 2.35. The second-order valence-corrected chi connectivity index (χ2v) is 4.58. The summed E-state index contributed by atoms with van der Waals surface area (Å²) in [6.07, 6.45) is -2.74. The third kappa shape index (κ3) is 1.94. The molecule has 0 bridgehead atoms. The zero-order valence-electron chi connectivity index (χ0n) is 9.61. The van der Waals surface area contributed by atoms with Gasteiger partial charge in [0.15, 0.2) is 5.69 Å². The average molecular weight is 270 g/mol. The molecule has 0 aliphatic heterocycles. The predicted molar refractivity (Wildman–Crippen MR) is 59.1 cm³/mol. The van der Waals surface area contributed by atoms with E-state index in [2.05, 4.69) is 5.10 Å². The van der Waals surface area contributed by atoms with Crippen molar-refractivity contribution >= 4 is 11.5 Å². The normalized spacial score (nSPS) is 15.9. The molecule has 1 aliphatic rings. The lowest BCUT2D eigenvalue weighted by molar-refractivity contribution is -0.142. The predicted octanol–water partition coefficient (Wildman–Crippen LogP) is 2.93. The van der Waals surface area contributed by atoms with Gasteiger partial charge in [-0.15, -0.1) is 0 Å². The molecule has 7 heteroatoms. The van der Waals surface area contributed by atoms with Crippen molar-refractivity contribution in [3.05, 3.63) is 35.2 Å². The van der Waals surface area contributed by atoms with Gasteiger partial charge in [-0.2, -0.15) is 18.3 Å². The average Bonchev–Trinajstić information content (AvgIpc) is 3.03. The molecule has 0 aromatic carbocycles.